The van der Waals surface area contributed by atoms with E-state index in [1.807, 2.05) is 11.3 Å². The highest BCUT2D eigenvalue weighted by Gasteiger charge is 2.49. The fraction of sp³-hybridized carbons (Fsp3) is 0.812. The topological polar surface area (TPSA) is 28.2 Å². The lowest BCUT2D eigenvalue weighted by Crippen LogP contribution is -2.45. The molecule has 0 radical (unpaired) electrons. The number of aromatic nitrogens is 1. The lowest BCUT2D eigenvalue weighted by molar-refractivity contribution is 0.240. The first-order valence-electron chi connectivity index (χ1n) is 8.01. The molecule has 0 bridgehead atoms. The molecule has 0 amide bonds. The Bertz CT molecular complexity index is 461. The van der Waals surface area contributed by atoms with Crippen LogP contribution in [-0.2, 0) is 5.54 Å². The van der Waals surface area contributed by atoms with E-state index in [1.54, 1.807) is 0 Å². The van der Waals surface area contributed by atoms with Crippen LogP contribution in [-0.4, -0.2) is 35.1 Å². The van der Waals surface area contributed by atoms with Crippen LogP contribution >= 0.6 is 11.3 Å². The van der Waals surface area contributed by atoms with Crippen molar-refractivity contribution in [2.75, 3.05) is 13.1 Å². The van der Waals surface area contributed by atoms with Gasteiger partial charge in [0.1, 0.15) is 5.01 Å². The Balaban J connectivity index is 1.88. The van der Waals surface area contributed by atoms with E-state index in [1.165, 1.54) is 41.3 Å². The molecular weight excluding hydrogens is 266 g/mol. The van der Waals surface area contributed by atoms with Crippen LogP contribution in [0.3, 0.4) is 0 Å². The van der Waals surface area contributed by atoms with E-state index < -0.39 is 0 Å². The van der Waals surface area contributed by atoms with Gasteiger partial charge in [0.05, 0.1) is 11.2 Å². The minimum Gasteiger partial charge on any atom is -0.304 e. The van der Waals surface area contributed by atoms with Gasteiger partial charge in [0.2, 0.25) is 0 Å². The summed E-state index contributed by atoms with van der Waals surface area (Å²) in [4.78, 5) is 8.98. The van der Waals surface area contributed by atoms with E-state index >= 15 is 0 Å². The van der Waals surface area contributed by atoms with Crippen molar-refractivity contribution in [3.8, 4) is 0 Å². The number of nitrogens with zero attached hydrogens (tertiary/aromatic N) is 2. The number of hydrogen-bond donors (Lipinski definition) is 1. The van der Waals surface area contributed by atoms with Gasteiger partial charge in [-0.15, -0.1) is 11.3 Å². The fourth-order valence-electron chi connectivity index (χ4n) is 3.45. The summed E-state index contributed by atoms with van der Waals surface area (Å²) in [6, 6.07) is 1.52. The molecule has 0 spiro atoms. The van der Waals surface area contributed by atoms with E-state index in [0.717, 1.165) is 19.1 Å². The van der Waals surface area contributed by atoms with Crippen molar-refractivity contribution in [2.24, 2.45) is 0 Å². The quantitative estimate of drug-likeness (QED) is 0.903. The van der Waals surface area contributed by atoms with E-state index in [9.17, 15) is 0 Å². The summed E-state index contributed by atoms with van der Waals surface area (Å²) < 4.78 is 0. The van der Waals surface area contributed by atoms with Gasteiger partial charge < -0.3 is 5.32 Å². The lowest BCUT2D eigenvalue weighted by atomic mass is 9.96. The second kappa shape index (κ2) is 5.39. The van der Waals surface area contributed by atoms with Crippen LogP contribution in [0.5, 0.6) is 0 Å². The average Bonchev–Trinajstić information content (AvgIpc) is 3.12. The van der Waals surface area contributed by atoms with Crippen molar-refractivity contribution < 1.29 is 0 Å². The summed E-state index contributed by atoms with van der Waals surface area (Å²) in [6.45, 7) is 11.2. The second-order valence-electron chi connectivity index (χ2n) is 6.63. The Morgan fingerprint density at radius 1 is 1.40 bits per heavy atom. The van der Waals surface area contributed by atoms with Gasteiger partial charge in [-0.05, 0) is 53.0 Å². The third-order valence-electron chi connectivity index (χ3n) is 4.83. The van der Waals surface area contributed by atoms with E-state index in [2.05, 4.69) is 37.9 Å². The van der Waals surface area contributed by atoms with Gasteiger partial charge in [-0.1, -0.05) is 6.92 Å². The van der Waals surface area contributed by atoms with Crippen molar-refractivity contribution in [1.82, 2.24) is 15.2 Å². The van der Waals surface area contributed by atoms with Crippen molar-refractivity contribution in [2.45, 2.75) is 71.0 Å². The van der Waals surface area contributed by atoms with Crippen LogP contribution in [0.25, 0.3) is 0 Å². The summed E-state index contributed by atoms with van der Waals surface area (Å²) >= 11 is 1.90. The predicted molar refractivity (Wildman–Crippen MR) is 85.4 cm³/mol. The first kappa shape index (κ1) is 14.5. The highest BCUT2D eigenvalue weighted by atomic mass is 32.1. The van der Waals surface area contributed by atoms with Gasteiger partial charge >= 0.3 is 0 Å². The Morgan fingerprint density at radius 3 is 2.70 bits per heavy atom. The molecule has 2 atom stereocenters. The normalized spacial score (nSPS) is 31.1. The number of likely N-dealkylation sites (tertiary alicyclic amines) is 1. The summed E-state index contributed by atoms with van der Waals surface area (Å²) in [5, 5.41) is 5.17. The van der Waals surface area contributed by atoms with Crippen molar-refractivity contribution in [3.05, 3.63) is 15.6 Å². The fourth-order valence-corrected chi connectivity index (χ4v) is 4.53. The first-order valence-corrected chi connectivity index (χ1v) is 8.82. The minimum absolute atomic E-state index is 0.0989. The molecule has 4 heteroatoms. The Kier molecular flexibility index (Phi) is 3.91. The number of hydrogen-bond acceptors (Lipinski definition) is 4. The summed E-state index contributed by atoms with van der Waals surface area (Å²) in [5.41, 5.74) is 1.31. The molecule has 1 aromatic heterocycles. The molecule has 0 aromatic carbocycles. The molecule has 1 N–H and O–H groups in total. The maximum Gasteiger partial charge on any atom is 0.115 e. The molecule has 2 heterocycles. The number of rotatable bonds is 5. The molecule has 3 rings (SSSR count). The molecule has 1 aliphatic carbocycles. The van der Waals surface area contributed by atoms with Gasteiger partial charge in [-0.3, -0.25) is 4.90 Å². The first-order chi connectivity index (χ1) is 9.55. The SMILES string of the molecule is CCCNC1(c2nc(C)c(C)s2)CC(C)N(C2CC2)C1. The average molecular weight is 293 g/mol. The summed E-state index contributed by atoms with van der Waals surface area (Å²) in [7, 11) is 0. The summed E-state index contributed by atoms with van der Waals surface area (Å²) in [5.74, 6) is 0. The molecule has 20 heavy (non-hydrogen) atoms. The zero-order valence-electron chi connectivity index (χ0n) is 13.2. The Labute approximate surface area is 126 Å². The van der Waals surface area contributed by atoms with Crippen molar-refractivity contribution in [3.63, 3.8) is 0 Å². The molecular formula is C16H27N3S. The van der Waals surface area contributed by atoms with E-state index in [-0.39, 0.29) is 5.54 Å². The zero-order chi connectivity index (χ0) is 14.3. The highest BCUT2D eigenvalue weighted by Crippen LogP contribution is 2.43. The third-order valence-corrected chi connectivity index (χ3v) is 6.11. The highest BCUT2D eigenvalue weighted by molar-refractivity contribution is 7.11. The molecule has 1 aliphatic heterocycles. The molecule has 2 aliphatic rings. The zero-order valence-corrected chi connectivity index (χ0v) is 14.0. The molecule has 3 nitrogen and oxygen atoms in total. The smallest absolute Gasteiger partial charge is 0.115 e. The third kappa shape index (κ3) is 2.53. The van der Waals surface area contributed by atoms with Crippen molar-refractivity contribution >= 4 is 11.3 Å². The molecule has 2 fully saturated rings. The van der Waals surface area contributed by atoms with Crippen LogP contribution < -0.4 is 5.32 Å². The van der Waals surface area contributed by atoms with Gasteiger partial charge in [0.25, 0.3) is 0 Å². The van der Waals surface area contributed by atoms with Gasteiger partial charge in [0.15, 0.2) is 0 Å². The molecule has 2 unspecified atom stereocenters. The second-order valence-corrected chi connectivity index (χ2v) is 7.83. The van der Waals surface area contributed by atoms with Crippen LogP contribution in [0.2, 0.25) is 0 Å². The van der Waals surface area contributed by atoms with E-state index in [4.69, 9.17) is 4.98 Å². The van der Waals surface area contributed by atoms with E-state index in [0.29, 0.717) is 6.04 Å². The summed E-state index contributed by atoms with van der Waals surface area (Å²) in [6.07, 6.45) is 5.17. The molecule has 1 saturated heterocycles. The Morgan fingerprint density at radius 2 is 2.15 bits per heavy atom. The van der Waals surface area contributed by atoms with Crippen molar-refractivity contribution in [1.29, 1.82) is 0 Å². The predicted octanol–water partition coefficient (Wildman–Crippen LogP) is 3.21. The standard InChI is InChI=1S/C16H27N3S/c1-5-8-17-16(15-18-12(3)13(4)20-15)9-11(2)19(10-16)14-6-7-14/h11,14,17H,5-10H2,1-4H3. The number of nitrogens with one attached hydrogen (secondary N) is 1. The van der Waals surface area contributed by atoms with Crippen LogP contribution in [0.15, 0.2) is 0 Å². The molecule has 112 valence electrons. The number of aryl methyl sites for hydroxylation is 2. The van der Waals surface area contributed by atoms with Gasteiger partial charge in [-0.25, -0.2) is 4.98 Å². The van der Waals surface area contributed by atoms with Gasteiger partial charge in [0, 0.05) is 23.5 Å². The maximum atomic E-state index is 4.90. The number of thiazole rings is 1. The molecule has 1 aromatic rings. The Hall–Kier alpha value is -0.450. The monoisotopic (exact) mass is 293 g/mol. The van der Waals surface area contributed by atoms with Crippen LogP contribution in [0, 0.1) is 13.8 Å². The maximum absolute atomic E-state index is 4.90. The lowest BCUT2D eigenvalue weighted by Gasteiger charge is -2.29. The largest absolute Gasteiger partial charge is 0.304 e. The van der Waals surface area contributed by atoms with Gasteiger partial charge in [-0.2, -0.15) is 0 Å². The van der Waals surface area contributed by atoms with Crippen LogP contribution in [0.4, 0.5) is 0 Å². The van der Waals surface area contributed by atoms with Crippen LogP contribution in [0.1, 0.15) is 55.1 Å². The minimum atomic E-state index is 0.0989. The molecule has 1 saturated carbocycles.